The van der Waals surface area contributed by atoms with Crippen LogP contribution in [0.2, 0.25) is 5.02 Å². The molecule has 0 radical (unpaired) electrons. The van der Waals surface area contributed by atoms with Gasteiger partial charge in [0.15, 0.2) is 17.3 Å². The zero-order valence-electron chi connectivity index (χ0n) is 14.1. The van der Waals surface area contributed by atoms with Crippen LogP contribution in [0.25, 0.3) is 11.8 Å². The van der Waals surface area contributed by atoms with Crippen LogP contribution in [-0.2, 0) is 0 Å². The molecule has 7 nitrogen and oxygen atoms in total. The lowest BCUT2D eigenvalue weighted by atomic mass is 10.1. The summed E-state index contributed by atoms with van der Waals surface area (Å²) in [5.74, 6) is 0.783. The highest BCUT2D eigenvalue weighted by Gasteiger charge is 2.10. The number of halogens is 1. The number of hydrogen-bond donors (Lipinski definition) is 0. The van der Waals surface area contributed by atoms with Crippen molar-refractivity contribution in [1.29, 1.82) is 0 Å². The second-order valence-electron chi connectivity index (χ2n) is 5.24. The van der Waals surface area contributed by atoms with Crippen molar-refractivity contribution < 1.29 is 14.3 Å². The summed E-state index contributed by atoms with van der Waals surface area (Å²) in [6.07, 6.45) is 4.60. The zero-order chi connectivity index (χ0) is 18.5. The molecule has 0 aliphatic heterocycles. The fourth-order valence-electron chi connectivity index (χ4n) is 2.38. The van der Waals surface area contributed by atoms with Crippen LogP contribution in [0.4, 0.5) is 0 Å². The standard InChI is InChI=1S/C18H15ClN4O3/c1-25-17-9-12(8-15(19)18(17)26-2)6-7-16(24)13-4-3-5-14(10-13)23-11-20-21-22-23/h3-11H,1-2H3/b7-6+. The third-order valence-electron chi connectivity index (χ3n) is 3.63. The van der Waals surface area contributed by atoms with E-state index < -0.39 is 0 Å². The van der Waals surface area contributed by atoms with Crippen LogP contribution in [0.3, 0.4) is 0 Å². The van der Waals surface area contributed by atoms with E-state index in [4.69, 9.17) is 21.1 Å². The molecule has 0 amide bonds. The minimum Gasteiger partial charge on any atom is -0.493 e. The van der Waals surface area contributed by atoms with Gasteiger partial charge in [0.05, 0.1) is 24.9 Å². The van der Waals surface area contributed by atoms with Crippen molar-refractivity contribution in [2.75, 3.05) is 14.2 Å². The molecule has 0 spiro atoms. The summed E-state index contributed by atoms with van der Waals surface area (Å²) < 4.78 is 11.9. The van der Waals surface area contributed by atoms with Gasteiger partial charge in [0.2, 0.25) is 0 Å². The summed E-state index contributed by atoms with van der Waals surface area (Å²) >= 11 is 6.18. The summed E-state index contributed by atoms with van der Waals surface area (Å²) in [6, 6.07) is 10.5. The van der Waals surface area contributed by atoms with E-state index >= 15 is 0 Å². The smallest absolute Gasteiger partial charge is 0.185 e. The first-order valence-corrected chi connectivity index (χ1v) is 7.97. The van der Waals surface area contributed by atoms with Crippen LogP contribution in [0.15, 0.2) is 48.8 Å². The largest absolute Gasteiger partial charge is 0.493 e. The molecule has 0 atom stereocenters. The maximum absolute atomic E-state index is 12.5. The van der Waals surface area contributed by atoms with E-state index in [0.29, 0.717) is 27.8 Å². The molecular formula is C18H15ClN4O3. The third-order valence-corrected chi connectivity index (χ3v) is 3.91. The molecule has 8 heteroatoms. The predicted octanol–water partition coefficient (Wildman–Crippen LogP) is 3.23. The van der Waals surface area contributed by atoms with Gasteiger partial charge in [0.25, 0.3) is 0 Å². The number of ketones is 1. The first kappa shape index (κ1) is 17.6. The number of carbonyl (C=O) groups excluding carboxylic acids is 1. The lowest BCUT2D eigenvalue weighted by Gasteiger charge is -2.10. The van der Waals surface area contributed by atoms with Gasteiger partial charge in [-0.25, -0.2) is 4.68 Å². The Balaban J connectivity index is 1.84. The molecule has 0 bridgehead atoms. The molecule has 3 rings (SSSR count). The van der Waals surface area contributed by atoms with Crippen molar-refractivity contribution in [1.82, 2.24) is 20.2 Å². The van der Waals surface area contributed by atoms with Crippen LogP contribution in [0.5, 0.6) is 11.5 Å². The quantitative estimate of drug-likeness (QED) is 0.489. The van der Waals surface area contributed by atoms with Gasteiger partial charge in [-0.05, 0) is 46.3 Å². The number of ether oxygens (including phenoxy) is 2. The fraction of sp³-hybridized carbons (Fsp3) is 0.111. The molecule has 2 aromatic carbocycles. The minimum absolute atomic E-state index is 0.161. The van der Waals surface area contributed by atoms with Crippen molar-refractivity contribution in [2.24, 2.45) is 0 Å². The number of nitrogens with zero attached hydrogens (tertiary/aromatic N) is 4. The first-order valence-electron chi connectivity index (χ1n) is 7.59. The highest BCUT2D eigenvalue weighted by Crippen LogP contribution is 2.36. The molecule has 0 saturated heterocycles. The molecule has 1 aromatic heterocycles. The Morgan fingerprint density at radius 3 is 2.73 bits per heavy atom. The second kappa shape index (κ2) is 7.79. The number of aromatic nitrogens is 4. The van der Waals surface area contributed by atoms with Crippen LogP contribution in [0.1, 0.15) is 15.9 Å². The van der Waals surface area contributed by atoms with E-state index in [1.54, 1.807) is 36.4 Å². The van der Waals surface area contributed by atoms with Gasteiger partial charge in [-0.1, -0.05) is 29.8 Å². The van der Waals surface area contributed by atoms with Crippen molar-refractivity contribution in [3.63, 3.8) is 0 Å². The van der Waals surface area contributed by atoms with Gasteiger partial charge >= 0.3 is 0 Å². The first-order chi connectivity index (χ1) is 12.6. The molecule has 0 unspecified atom stereocenters. The van der Waals surface area contributed by atoms with E-state index in [1.165, 1.54) is 31.3 Å². The number of benzene rings is 2. The SMILES string of the molecule is COc1cc(/C=C/C(=O)c2cccc(-n3cnnn3)c2)cc(Cl)c1OC. The minimum atomic E-state index is -0.161. The molecule has 0 fully saturated rings. The summed E-state index contributed by atoms with van der Waals surface area (Å²) in [6.45, 7) is 0. The van der Waals surface area contributed by atoms with Crippen LogP contribution in [-0.4, -0.2) is 40.2 Å². The molecule has 1 heterocycles. The van der Waals surface area contributed by atoms with Crippen LogP contribution >= 0.6 is 11.6 Å². The summed E-state index contributed by atoms with van der Waals surface area (Å²) in [7, 11) is 3.04. The van der Waals surface area contributed by atoms with Gasteiger partial charge in [-0.2, -0.15) is 0 Å². The highest BCUT2D eigenvalue weighted by atomic mass is 35.5. The second-order valence-corrected chi connectivity index (χ2v) is 5.65. The van der Waals surface area contributed by atoms with Gasteiger partial charge in [-0.15, -0.1) is 5.10 Å². The van der Waals surface area contributed by atoms with Gasteiger partial charge in [0, 0.05) is 5.56 Å². The van der Waals surface area contributed by atoms with E-state index in [-0.39, 0.29) is 5.78 Å². The Labute approximate surface area is 154 Å². The molecule has 0 aliphatic carbocycles. The van der Waals surface area contributed by atoms with E-state index in [9.17, 15) is 4.79 Å². The fourth-order valence-corrected chi connectivity index (χ4v) is 2.68. The average Bonchev–Trinajstić information content (AvgIpc) is 3.20. The van der Waals surface area contributed by atoms with E-state index in [1.807, 2.05) is 6.07 Å². The maximum atomic E-state index is 12.5. The normalized spacial score (nSPS) is 10.9. The van der Waals surface area contributed by atoms with Crippen LogP contribution < -0.4 is 9.47 Å². The topological polar surface area (TPSA) is 79.1 Å². The zero-order valence-corrected chi connectivity index (χ0v) is 14.8. The van der Waals surface area contributed by atoms with Crippen molar-refractivity contribution in [3.8, 4) is 17.2 Å². The molecule has 0 aliphatic rings. The predicted molar refractivity (Wildman–Crippen MR) is 97.1 cm³/mol. The van der Waals surface area contributed by atoms with Crippen molar-refractivity contribution in [3.05, 3.63) is 65.0 Å². The number of hydrogen-bond acceptors (Lipinski definition) is 6. The van der Waals surface area contributed by atoms with Crippen LogP contribution in [0, 0.1) is 0 Å². The third kappa shape index (κ3) is 3.73. The molecule has 3 aromatic rings. The molecule has 0 N–H and O–H groups in total. The molecule has 132 valence electrons. The monoisotopic (exact) mass is 370 g/mol. The van der Waals surface area contributed by atoms with Gasteiger partial charge < -0.3 is 9.47 Å². The Kier molecular flexibility index (Phi) is 5.28. The average molecular weight is 371 g/mol. The van der Waals surface area contributed by atoms with Gasteiger partial charge in [0.1, 0.15) is 6.33 Å². The summed E-state index contributed by atoms with van der Waals surface area (Å²) in [4.78, 5) is 12.5. The molecule has 0 saturated carbocycles. The number of rotatable bonds is 6. The summed E-state index contributed by atoms with van der Waals surface area (Å²) in [5.41, 5.74) is 1.93. The number of allylic oxidation sites excluding steroid dienone is 1. The lowest BCUT2D eigenvalue weighted by molar-refractivity contribution is 0.104. The van der Waals surface area contributed by atoms with E-state index in [0.717, 1.165) is 5.56 Å². The van der Waals surface area contributed by atoms with Gasteiger partial charge in [-0.3, -0.25) is 4.79 Å². The van der Waals surface area contributed by atoms with Crippen molar-refractivity contribution >= 4 is 23.5 Å². The van der Waals surface area contributed by atoms with E-state index in [2.05, 4.69) is 15.5 Å². The highest BCUT2D eigenvalue weighted by molar-refractivity contribution is 6.32. The Hall–Kier alpha value is -3.19. The van der Waals surface area contributed by atoms with Crippen molar-refractivity contribution in [2.45, 2.75) is 0 Å². The summed E-state index contributed by atoms with van der Waals surface area (Å²) in [5, 5.41) is 11.4. The maximum Gasteiger partial charge on any atom is 0.185 e. The molecule has 26 heavy (non-hydrogen) atoms. The lowest BCUT2D eigenvalue weighted by Crippen LogP contribution is -1.99. The number of tetrazole rings is 1. The number of carbonyl (C=O) groups is 1. The Bertz CT molecular complexity index is 955. The Morgan fingerprint density at radius 1 is 1.19 bits per heavy atom. The molecular weight excluding hydrogens is 356 g/mol. The number of methoxy groups -OCH3 is 2. The Morgan fingerprint density at radius 2 is 2.04 bits per heavy atom.